The number of nitrogens with zero attached hydrogens (tertiary/aromatic N) is 1. The number of aliphatic hydroxyl groups is 1. The first kappa shape index (κ1) is 14.3. The van der Waals surface area contributed by atoms with Crippen molar-refractivity contribution in [3.63, 3.8) is 0 Å². The number of carbonyl (C=O) groups excluding carboxylic acids is 1. The maximum Gasteiger partial charge on any atom is 0.328 e. The van der Waals surface area contributed by atoms with Gasteiger partial charge < -0.3 is 15.5 Å². The number of para-hydroxylation sites is 1. The molecule has 0 saturated heterocycles. The Morgan fingerprint density at radius 2 is 2.05 bits per heavy atom. The number of urea groups is 1. The van der Waals surface area contributed by atoms with E-state index < -0.39 is 24.6 Å². The van der Waals surface area contributed by atoms with Crippen molar-refractivity contribution in [3.8, 4) is 0 Å². The molecule has 1 aromatic carbocycles. The molecule has 3 N–H and O–H groups in total. The van der Waals surface area contributed by atoms with Gasteiger partial charge >= 0.3 is 12.0 Å². The summed E-state index contributed by atoms with van der Waals surface area (Å²) >= 11 is 0. The number of carboxylic acid groups (broad SMARTS) is 1. The first-order valence-corrected chi connectivity index (χ1v) is 6.63. The number of benzene rings is 1. The minimum atomic E-state index is -1.28. The van der Waals surface area contributed by atoms with Gasteiger partial charge in [-0.15, -0.1) is 0 Å². The van der Waals surface area contributed by atoms with E-state index >= 15 is 0 Å². The number of aliphatic hydroxyl groups excluding tert-OH is 1. The number of amides is 2. The number of rotatable bonds is 3. The quantitative estimate of drug-likeness (QED) is 0.769. The zero-order valence-corrected chi connectivity index (χ0v) is 11.1. The third kappa shape index (κ3) is 3.08. The molecular weight excluding hydrogens is 260 g/mol. The van der Waals surface area contributed by atoms with Gasteiger partial charge in [-0.3, -0.25) is 4.90 Å². The van der Waals surface area contributed by atoms with Crippen molar-refractivity contribution in [2.45, 2.75) is 25.3 Å². The largest absolute Gasteiger partial charge is 0.480 e. The molecule has 0 bridgehead atoms. The van der Waals surface area contributed by atoms with E-state index in [4.69, 9.17) is 10.2 Å². The molecule has 0 radical (unpaired) electrons. The highest BCUT2D eigenvalue weighted by molar-refractivity contribution is 5.95. The molecule has 2 rings (SSSR count). The lowest BCUT2D eigenvalue weighted by Gasteiger charge is -2.24. The fourth-order valence-corrected chi connectivity index (χ4v) is 2.31. The molecule has 0 spiro atoms. The molecule has 1 aromatic rings. The molecule has 0 fully saturated rings. The summed E-state index contributed by atoms with van der Waals surface area (Å²) in [6, 6.07) is 5.84. The van der Waals surface area contributed by atoms with Gasteiger partial charge in [0.1, 0.15) is 0 Å². The predicted molar refractivity (Wildman–Crippen MR) is 73.8 cm³/mol. The average Bonchev–Trinajstić information content (AvgIpc) is 2.66. The average molecular weight is 278 g/mol. The maximum atomic E-state index is 12.2. The number of carbonyl (C=O) groups is 2. The molecule has 1 aliphatic heterocycles. The highest BCUT2D eigenvalue weighted by atomic mass is 16.4. The van der Waals surface area contributed by atoms with Crippen LogP contribution < -0.4 is 10.2 Å². The summed E-state index contributed by atoms with van der Waals surface area (Å²) in [4.78, 5) is 24.6. The molecule has 0 aromatic heterocycles. The Balaban J connectivity index is 2.19. The monoisotopic (exact) mass is 278 g/mol. The summed E-state index contributed by atoms with van der Waals surface area (Å²) in [6.07, 6.45) is 2.75. The van der Waals surface area contributed by atoms with Crippen LogP contribution in [-0.4, -0.2) is 41.4 Å². The molecule has 20 heavy (non-hydrogen) atoms. The first-order chi connectivity index (χ1) is 9.63. The Bertz CT molecular complexity index is 504. The highest BCUT2D eigenvalue weighted by Gasteiger charge is 2.25. The van der Waals surface area contributed by atoms with Crippen molar-refractivity contribution in [1.82, 2.24) is 5.32 Å². The molecule has 1 heterocycles. The maximum absolute atomic E-state index is 12.2. The van der Waals surface area contributed by atoms with E-state index in [9.17, 15) is 9.59 Å². The molecule has 0 saturated carbocycles. The number of hydrogen-bond acceptors (Lipinski definition) is 3. The summed E-state index contributed by atoms with van der Waals surface area (Å²) in [7, 11) is 0. The van der Waals surface area contributed by atoms with E-state index in [0.29, 0.717) is 6.54 Å². The van der Waals surface area contributed by atoms with E-state index in [1.807, 2.05) is 24.3 Å². The van der Waals surface area contributed by atoms with Crippen LogP contribution in [0.1, 0.15) is 18.4 Å². The summed E-state index contributed by atoms with van der Waals surface area (Å²) < 4.78 is 0. The summed E-state index contributed by atoms with van der Waals surface area (Å²) in [5.74, 6) is -1.25. The van der Waals surface area contributed by atoms with Gasteiger partial charge in [0.15, 0.2) is 6.04 Å². The highest BCUT2D eigenvalue weighted by Crippen LogP contribution is 2.26. The van der Waals surface area contributed by atoms with Crippen LogP contribution in [0.3, 0.4) is 0 Å². The topological polar surface area (TPSA) is 89.9 Å². The van der Waals surface area contributed by atoms with Gasteiger partial charge in [0.2, 0.25) is 0 Å². The van der Waals surface area contributed by atoms with E-state index in [1.54, 1.807) is 4.90 Å². The number of anilines is 1. The summed E-state index contributed by atoms with van der Waals surface area (Å²) in [5.41, 5.74) is 1.89. The van der Waals surface area contributed by atoms with Crippen LogP contribution in [-0.2, 0) is 11.2 Å². The molecule has 108 valence electrons. The SMILES string of the molecule is O=C(O)C(CO)NC(=O)N1CCCCc2ccccc21. The number of carboxylic acids is 1. The van der Waals surface area contributed by atoms with Gasteiger partial charge in [0.25, 0.3) is 0 Å². The smallest absolute Gasteiger partial charge is 0.328 e. The van der Waals surface area contributed by atoms with E-state index in [-0.39, 0.29) is 0 Å². The lowest BCUT2D eigenvalue weighted by molar-refractivity contribution is -0.140. The Morgan fingerprint density at radius 3 is 2.75 bits per heavy atom. The van der Waals surface area contributed by atoms with Gasteiger partial charge in [0, 0.05) is 12.2 Å². The Hall–Kier alpha value is -2.08. The third-order valence-electron chi connectivity index (χ3n) is 3.38. The van der Waals surface area contributed by atoms with Crippen molar-refractivity contribution in [2.75, 3.05) is 18.1 Å². The van der Waals surface area contributed by atoms with Gasteiger partial charge in [0.05, 0.1) is 6.61 Å². The second-order valence-corrected chi connectivity index (χ2v) is 4.76. The standard InChI is InChI=1S/C14H18N2O4/c17-9-11(13(18)19)15-14(20)16-8-4-3-6-10-5-1-2-7-12(10)16/h1-2,5,7,11,17H,3-4,6,8-9H2,(H,15,20)(H,18,19). The van der Waals surface area contributed by atoms with Gasteiger partial charge in [-0.05, 0) is 30.9 Å². The molecule has 1 unspecified atom stereocenters. The molecular formula is C14H18N2O4. The van der Waals surface area contributed by atoms with Crippen molar-refractivity contribution >= 4 is 17.7 Å². The van der Waals surface area contributed by atoms with Crippen LogP contribution in [0.5, 0.6) is 0 Å². The van der Waals surface area contributed by atoms with Crippen LogP contribution in [0.15, 0.2) is 24.3 Å². The van der Waals surface area contributed by atoms with Crippen molar-refractivity contribution < 1.29 is 19.8 Å². The second-order valence-electron chi connectivity index (χ2n) is 4.76. The van der Waals surface area contributed by atoms with Crippen LogP contribution in [0.25, 0.3) is 0 Å². The third-order valence-corrected chi connectivity index (χ3v) is 3.38. The lowest BCUT2D eigenvalue weighted by Crippen LogP contribution is -2.50. The summed E-state index contributed by atoms with van der Waals surface area (Å²) in [6.45, 7) is -0.0861. The minimum absolute atomic E-state index is 0.485. The zero-order chi connectivity index (χ0) is 14.5. The summed E-state index contributed by atoms with van der Waals surface area (Å²) in [5, 5.41) is 20.2. The molecule has 1 atom stereocenters. The Kier molecular flexibility index (Phi) is 4.57. The van der Waals surface area contributed by atoms with Crippen molar-refractivity contribution in [2.24, 2.45) is 0 Å². The van der Waals surface area contributed by atoms with Crippen LogP contribution in [0.2, 0.25) is 0 Å². The van der Waals surface area contributed by atoms with E-state index in [0.717, 1.165) is 30.5 Å². The van der Waals surface area contributed by atoms with Gasteiger partial charge in [-0.25, -0.2) is 9.59 Å². The van der Waals surface area contributed by atoms with Crippen LogP contribution in [0.4, 0.5) is 10.5 Å². The zero-order valence-electron chi connectivity index (χ0n) is 11.1. The van der Waals surface area contributed by atoms with Gasteiger partial charge in [-0.2, -0.15) is 0 Å². The molecule has 6 nitrogen and oxygen atoms in total. The molecule has 6 heteroatoms. The van der Waals surface area contributed by atoms with Crippen LogP contribution in [0, 0.1) is 0 Å². The molecule has 1 aliphatic rings. The molecule has 2 amide bonds. The van der Waals surface area contributed by atoms with Gasteiger partial charge in [-0.1, -0.05) is 18.2 Å². The predicted octanol–water partition coefficient (Wildman–Crippen LogP) is 0.984. The lowest BCUT2D eigenvalue weighted by atomic mass is 10.1. The Morgan fingerprint density at radius 1 is 1.30 bits per heavy atom. The van der Waals surface area contributed by atoms with Crippen LogP contribution >= 0.6 is 0 Å². The normalized spacial score (nSPS) is 15.9. The fourth-order valence-electron chi connectivity index (χ4n) is 2.31. The second kappa shape index (κ2) is 6.38. The first-order valence-electron chi connectivity index (χ1n) is 6.63. The van der Waals surface area contributed by atoms with Crippen molar-refractivity contribution in [1.29, 1.82) is 0 Å². The number of nitrogens with one attached hydrogen (secondary N) is 1. The number of aryl methyl sites for hydroxylation is 1. The minimum Gasteiger partial charge on any atom is -0.480 e. The number of fused-ring (bicyclic) bond motifs is 1. The number of hydrogen-bond donors (Lipinski definition) is 3. The molecule has 0 aliphatic carbocycles. The van der Waals surface area contributed by atoms with E-state index in [2.05, 4.69) is 5.32 Å². The fraction of sp³-hybridized carbons (Fsp3) is 0.429. The van der Waals surface area contributed by atoms with E-state index in [1.165, 1.54) is 0 Å². The van der Waals surface area contributed by atoms with Crippen molar-refractivity contribution in [3.05, 3.63) is 29.8 Å². The Labute approximate surface area is 117 Å². The number of aliphatic carboxylic acids is 1.